The van der Waals surface area contributed by atoms with Crippen molar-refractivity contribution >= 4 is 22.8 Å². The molecule has 188 valence electrons. The Morgan fingerprint density at radius 2 is 1.67 bits per heavy atom. The molecular weight excluding hydrogens is 464 g/mol. The van der Waals surface area contributed by atoms with E-state index in [1.165, 1.54) is 0 Å². The zero-order valence-corrected chi connectivity index (χ0v) is 20.5. The summed E-state index contributed by atoms with van der Waals surface area (Å²) in [5.41, 5.74) is 2.20. The number of piperazine rings is 1. The van der Waals surface area contributed by atoms with E-state index in [4.69, 9.17) is 18.6 Å². The van der Waals surface area contributed by atoms with Crippen LogP contribution in [0.5, 0.6) is 17.2 Å². The van der Waals surface area contributed by atoms with Gasteiger partial charge in [-0.3, -0.25) is 9.59 Å². The van der Waals surface area contributed by atoms with Gasteiger partial charge < -0.3 is 28.4 Å². The Kier molecular flexibility index (Phi) is 6.30. The van der Waals surface area contributed by atoms with Gasteiger partial charge in [-0.2, -0.15) is 0 Å². The van der Waals surface area contributed by atoms with Gasteiger partial charge in [-0.05, 0) is 56.2 Å². The van der Waals surface area contributed by atoms with Crippen molar-refractivity contribution in [1.29, 1.82) is 0 Å². The lowest BCUT2D eigenvalue weighted by Gasteiger charge is -2.37. The second kappa shape index (κ2) is 9.56. The molecule has 2 aromatic carbocycles. The van der Waals surface area contributed by atoms with E-state index in [-0.39, 0.29) is 30.7 Å². The summed E-state index contributed by atoms with van der Waals surface area (Å²) >= 11 is 0. The Morgan fingerprint density at radius 1 is 0.972 bits per heavy atom. The number of fused-ring (bicyclic) bond motifs is 2. The van der Waals surface area contributed by atoms with E-state index >= 15 is 0 Å². The van der Waals surface area contributed by atoms with Gasteiger partial charge in [-0.1, -0.05) is 12.1 Å². The average molecular weight is 493 g/mol. The lowest BCUT2D eigenvalue weighted by atomic mass is 10.0. The number of rotatable bonds is 4. The standard InChI is InChI=1S/C27H28N2O7/c1-16-12-21(25-17(2)18(3)27(32)36-22(25)13-16)34-15-24(30)28-8-10-29(11-9-28)26(31)23-14-33-19-6-4-5-7-20(19)35-23/h4-7,12-13,23H,8-11,14-15H2,1-3H3. The highest BCUT2D eigenvalue weighted by Gasteiger charge is 2.33. The smallest absolute Gasteiger partial charge is 0.339 e. The summed E-state index contributed by atoms with van der Waals surface area (Å²) in [5.74, 6) is 1.37. The van der Waals surface area contributed by atoms with Crippen LogP contribution in [-0.2, 0) is 9.59 Å². The van der Waals surface area contributed by atoms with E-state index in [1.54, 1.807) is 34.9 Å². The lowest BCUT2D eigenvalue weighted by molar-refractivity contribution is -0.146. The molecule has 0 radical (unpaired) electrons. The minimum atomic E-state index is -0.702. The van der Waals surface area contributed by atoms with Crippen LogP contribution in [0.3, 0.4) is 0 Å². The van der Waals surface area contributed by atoms with Crippen LogP contribution in [0.2, 0.25) is 0 Å². The Labute approximate surface area is 208 Å². The number of hydrogen-bond acceptors (Lipinski definition) is 7. The van der Waals surface area contributed by atoms with Gasteiger partial charge in [0.05, 0.1) is 5.39 Å². The van der Waals surface area contributed by atoms with E-state index in [2.05, 4.69) is 0 Å². The van der Waals surface area contributed by atoms with Crippen molar-refractivity contribution in [2.24, 2.45) is 0 Å². The molecule has 2 aliphatic rings. The fourth-order valence-electron chi connectivity index (χ4n) is 4.55. The lowest BCUT2D eigenvalue weighted by Crippen LogP contribution is -2.55. The topological polar surface area (TPSA) is 98.5 Å². The third-order valence-corrected chi connectivity index (χ3v) is 6.74. The Bertz CT molecular complexity index is 1390. The predicted molar refractivity (Wildman–Crippen MR) is 132 cm³/mol. The highest BCUT2D eigenvalue weighted by Crippen LogP contribution is 2.32. The van der Waals surface area contributed by atoms with Crippen molar-refractivity contribution in [1.82, 2.24) is 9.80 Å². The molecule has 3 heterocycles. The third-order valence-electron chi connectivity index (χ3n) is 6.74. The molecule has 1 fully saturated rings. The summed E-state index contributed by atoms with van der Waals surface area (Å²) in [6, 6.07) is 10.9. The van der Waals surface area contributed by atoms with E-state index in [0.29, 0.717) is 60.0 Å². The maximum atomic E-state index is 13.0. The molecule has 3 aromatic rings. The molecule has 1 unspecified atom stereocenters. The first-order valence-corrected chi connectivity index (χ1v) is 11.9. The fraction of sp³-hybridized carbons (Fsp3) is 0.370. The number of amides is 2. The van der Waals surface area contributed by atoms with Crippen LogP contribution in [0, 0.1) is 20.8 Å². The molecule has 36 heavy (non-hydrogen) atoms. The molecule has 2 amide bonds. The van der Waals surface area contributed by atoms with Gasteiger partial charge >= 0.3 is 5.63 Å². The monoisotopic (exact) mass is 492 g/mol. The van der Waals surface area contributed by atoms with E-state index in [9.17, 15) is 14.4 Å². The van der Waals surface area contributed by atoms with Crippen LogP contribution in [-0.4, -0.2) is 67.1 Å². The van der Waals surface area contributed by atoms with Crippen molar-refractivity contribution in [2.45, 2.75) is 26.9 Å². The van der Waals surface area contributed by atoms with Gasteiger partial charge in [0.2, 0.25) is 6.10 Å². The number of aryl methyl sites for hydroxylation is 2. The highest BCUT2D eigenvalue weighted by atomic mass is 16.6. The zero-order valence-electron chi connectivity index (χ0n) is 20.5. The summed E-state index contributed by atoms with van der Waals surface area (Å²) in [7, 11) is 0. The van der Waals surface area contributed by atoms with Crippen molar-refractivity contribution < 1.29 is 28.2 Å². The van der Waals surface area contributed by atoms with Crippen LogP contribution >= 0.6 is 0 Å². The molecule has 1 aromatic heterocycles. The van der Waals surface area contributed by atoms with Crippen LogP contribution in [0.4, 0.5) is 0 Å². The van der Waals surface area contributed by atoms with Gasteiger partial charge in [0, 0.05) is 31.7 Å². The van der Waals surface area contributed by atoms with Crippen molar-refractivity contribution in [2.75, 3.05) is 39.4 Å². The van der Waals surface area contributed by atoms with Gasteiger partial charge in [0.1, 0.15) is 17.9 Å². The second-order valence-corrected chi connectivity index (χ2v) is 9.13. The zero-order chi connectivity index (χ0) is 25.4. The minimum Gasteiger partial charge on any atom is -0.485 e. The minimum absolute atomic E-state index is 0.147. The second-order valence-electron chi connectivity index (χ2n) is 9.13. The maximum absolute atomic E-state index is 13.0. The van der Waals surface area contributed by atoms with E-state index in [0.717, 1.165) is 11.1 Å². The number of hydrogen-bond donors (Lipinski definition) is 0. The molecule has 9 nitrogen and oxygen atoms in total. The summed E-state index contributed by atoms with van der Waals surface area (Å²) in [6.45, 7) is 7.05. The number of para-hydroxylation sites is 2. The van der Waals surface area contributed by atoms with Crippen molar-refractivity contribution in [3.05, 3.63) is 63.5 Å². The quantitative estimate of drug-likeness (QED) is 0.517. The SMILES string of the molecule is Cc1cc(OCC(=O)N2CCN(C(=O)C3COc4ccccc4O3)CC2)c2c(C)c(C)c(=O)oc2c1. The van der Waals surface area contributed by atoms with Gasteiger partial charge in [0.15, 0.2) is 18.1 Å². The molecule has 0 spiro atoms. The molecule has 5 rings (SSSR count). The summed E-state index contributed by atoms with van der Waals surface area (Å²) in [5, 5.41) is 0.692. The average Bonchev–Trinajstić information content (AvgIpc) is 2.89. The summed E-state index contributed by atoms with van der Waals surface area (Å²) < 4.78 is 22.9. The number of carbonyl (C=O) groups is 2. The van der Waals surface area contributed by atoms with Crippen LogP contribution in [0.1, 0.15) is 16.7 Å². The summed E-state index contributed by atoms with van der Waals surface area (Å²) in [4.78, 5) is 41.3. The number of nitrogens with zero attached hydrogens (tertiary/aromatic N) is 2. The third kappa shape index (κ3) is 4.48. The summed E-state index contributed by atoms with van der Waals surface area (Å²) in [6.07, 6.45) is -0.702. The van der Waals surface area contributed by atoms with Crippen molar-refractivity contribution in [3.8, 4) is 17.2 Å². The van der Waals surface area contributed by atoms with Crippen LogP contribution < -0.4 is 19.8 Å². The largest absolute Gasteiger partial charge is 0.485 e. The van der Waals surface area contributed by atoms with Gasteiger partial charge in [-0.25, -0.2) is 4.79 Å². The Hall–Kier alpha value is -4.01. The van der Waals surface area contributed by atoms with Gasteiger partial charge in [-0.15, -0.1) is 0 Å². The molecule has 1 atom stereocenters. The predicted octanol–water partition coefficient (Wildman–Crippen LogP) is 2.61. The Morgan fingerprint density at radius 3 is 2.42 bits per heavy atom. The molecule has 9 heteroatoms. The first-order valence-electron chi connectivity index (χ1n) is 11.9. The molecule has 0 bridgehead atoms. The molecule has 2 aliphatic heterocycles. The number of benzene rings is 2. The fourth-order valence-corrected chi connectivity index (χ4v) is 4.55. The molecule has 0 aliphatic carbocycles. The Balaban J connectivity index is 1.19. The van der Waals surface area contributed by atoms with Crippen LogP contribution in [0.25, 0.3) is 11.0 Å². The normalized spacial score (nSPS) is 17.2. The maximum Gasteiger partial charge on any atom is 0.339 e. The van der Waals surface area contributed by atoms with Crippen molar-refractivity contribution in [3.63, 3.8) is 0 Å². The number of carbonyl (C=O) groups excluding carboxylic acids is 2. The molecule has 1 saturated heterocycles. The molecule has 0 N–H and O–H groups in total. The first-order chi connectivity index (χ1) is 17.3. The molecular formula is C27H28N2O7. The van der Waals surface area contributed by atoms with E-state index < -0.39 is 6.10 Å². The van der Waals surface area contributed by atoms with Gasteiger partial charge in [0.25, 0.3) is 11.8 Å². The highest BCUT2D eigenvalue weighted by molar-refractivity contribution is 5.89. The molecule has 0 saturated carbocycles. The number of ether oxygens (including phenoxy) is 3. The van der Waals surface area contributed by atoms with E-state index in [1.807, 2.05) is 32.0 Å². The van der Waals surface area contributed by atoms with Crippen LogP contribution in [0.15, 0.2) is 45.6 Å². The first kappa shape index (κ1) is 23.7.